The predicted octanol–water partition coefficient (Wildman–Crippen LogP) is 4.47. The molecule has 36 heavy (non-hydrogen) atoms. The minimum absolute atomic E-state index is 0.101. The molecule has 3 aromatic rings. The van der Waals surface area contributed by atoms with E-state index in [1.165, 1.54) is 24.4 Å². The van der Waals surface area contributed by atoms with E-state index in [0.717, 1.165) is 0 Å². The number of sulfone groups is 1. The summed E-state index contributed by atoms with van der Waals surface area (Å²) in [7, 11) is -3.58. The molecule has 0 saturated heterocycles. The number of amides is 2. The molecular formula is C24H24ClN5O5S. The molecule has 2 aromatic carbocycles. The summed E-state index contributed by atoms with van der Waals surface area (Å²) in [6.45, 7) is 6.86. The van der Waals surface area contributed by atoms with Crippen molar-refractivity contribution >= 4 is 56.4 Å². The lowest BCUT2D eigenvalue weighted by atomic mass is 10.1. The van der Waals surface area contributed by atoms with Gasteiger partial charge in [-0.3, -0.25) is 14.9 Å². The lowest BCUT2D eigenvalue weighted by Crippen LogP contribution is -2.19. The van der Waals surface area contributed by atoms with E-state index in [2.05, 4.69) is 25.9 Å². The fourth-order valence-electron chi connectivity index (χ4n) is 3.48. The maximum atomic E-state index is 12.8. The lowest BCUT2D eigenvalue weighted by Gasteiger charge is -2.17. The number of carbonyl (C=O) groups is 2. The summed E-state index contributed by atoms with van der Waals surface area (Å²) in [4.78, 5) is 32.9. The molecule has 188 valence electrons. The van der Waals surface area contributed by atoms with Crippen molar-refractivity contribution in [3.8, 4) is 5.75 Å². The Morgan fingerprint density at radius 3 is 2.31 bits per heavy atom. The molecule has 1 aromatic heterocycles. The fourth-order valence-corrected chi connectivity index (χ4v) is 4.82. The Hall–Kier alpha value is -3.70. The summed E-state index contributed by atoms with van der Waals surface area (Å²) in [6.07, 6.45) is 1.14. The number of hydrogen-bond donors (Lipinski definition) is 3. The summed E-state index contributed by atoms with van der Waals surface area (Å²) >= 11 is 6.31. The first-order valence-electron chi connectivity index (χ1n) is 11.1. The van der Waals surface area contributed by atoms with Crippen LogP contribution in [0.4, 0.5) is 23.1 Å². The summed E-state index contributed by atoms with van der Waals surface area (Å²) in [6, 6.07) is 9.44. The molecule has 0 unspecified atom stereocenters. The SMILES string of the molecule is CC(C)Oc1cc2c(cc1Nc1ncc(Cl)c(Nc3ccccc3S(=O)(=O)C(C)C)n1)C(=O)NC2=O. The highest BCUT2D eigenvalue weighted by molar-refractivity contribution is 7.92. The zero-order valence-corrected chi connectivity index (χ0v) is 21.5. The molecule has 0 fully saturated rings. The third kappa shape index (κ3) is 4.98. The van der Waals surface area contributed by atoms with Crippen LogP contribution in [-0.4, -0.2) is 41.6 Å². The fraction of sp³-hybridized carbons (Fsp3) is 0.250. The van der Waals surface area contributed by atoms with Crippen LogP contribution in [0.3, 0.4) is 0 Å². The number of carbonyl (C=O) groups excluding carboxylic acids is 2. The molecule has 3 N–H and O–H groups in total. The van der Waals surface area contributed by atoms with Crippen LogP contribution in [0.5, 0.6) is 5.75 Å². The predicted molar refractivity (Wildman–Crippen MR) is 136 cm³/mol. The molecular weight excluding hydrogens is 506 g/mol. The highest BCUT2D eigenvalue weighted by atomic mass is 35.5. The molecule has 0 bridgehead atoms. The minimum Gasteiger partial charge on any atom is -0.489 e. The number of halogens is 1. The smallest absolute Gasteiger partial charge is 0.259 e. The van der Waals surface area contributed by atoms with Crippen molar-refractivity contribution in [3.63, 3.8) is 0 Å². The standard InChI is InChI=1S/C24H24ClN5O5S/c1-12(2)35-19-10-15-14(22(31)30-23(15)32)9-18(19)28-24-26-11-16(25)21(29-24)27-17-7-5-6-8-20(17)36(33,34)13(3)4/h5-13H,1-4H3,(H,30,31,32)(H2,26,27,28,29). The van der Waals surface area contributed by atoms with Gasteiger partial charge in [-0.25, -0.2) is 13.4 Å². The Morgan fingerprint density at radius 2 is 1.64 bits per heavy atom. The monoisotopic (exact) mass is 529 g/mol. The minimum atomic E-state index is -3.58. The molecule has 0 radical (unpaired) electrons. The Labute approximate surface area is 213 Å². The highest BCUT2D eigenvalue weighted by Gasteiger charge is 2.29. The van der Waals surface area contributed by atoms with Crippen LogP contribution in [0.15, 0.2) is 47.5 Å². The molecule has 0 spiro atoms. The molecule has 0 saturated carbocycles. The molecule has 1 aliphatic rings. The van der Waals surface area contributed by atoms with Gasteiger partial charge in [0.25, 0.3) is 11.8 Å². The normalized spacial score (nSPS) is 13.1. The third-order valence-electron chi connectivity index (χ3n) is 5.26. The van der Waals surface area contributed by atoms with Gasteiger partial charge in [0.15, 0.2) is 15.7 Å². The average Bonchev–Trinajstić information content (AvgIpc) is 3.08. The summed E-state index contributed by atoms with van der Waals surface area (Å²) in [5, 5.41) is 7.78. The Kier molecular flexibility index (Phi) is 6.87. The van der Waals surface area contributed by atoms with Crippen molar-refractivity contribution in [2.24, 2.45) is 0 Å². The maximum absolute atomic E-state index is 12.8. The number of aromatic nitrogens is 2. The van der Waals surface area contributed by atoms with Gasteiger partial charge < -0.3 is 15.4 Å². The second-order valence-corrected chi connectivity index (χ2v) is 11.5. The summed E-state index contributed by atoms with van der Waals surface area (Å²) in [5.74, 6) is -0.420. The van der Waals surface area contributed by atoms with Crippen molar-refractivity contribution < 1.29 is 22.7 Å². The number of hydrogen-bond acceptors (Lipinski definition) is 9. The van der Waals surface area contributed by atoms with Gasteiger partial charge in [-0.15, -0.1) is 0 Å². The zero-order chi connectivity index (χ0) is 26.2. The molecule has 10 nitrogen and oxygen atoms in total. The number of ether oxygens (including phenoxy) is 1. The van der Waals surface area contributed by atoms with Crippen LogP contribution in [0.1, 0.15) is 48.4 Å². The van der Waals surface area contributed by atoms with Crippen LogP contribution in [0.2, 0.25) is 5.02 Å². The van der Waals surface area contributed by atoms with Gasteiger partial charge in [0, 0.05) is 0 Å². The van der Waals surface area contributed by atoms with Crippen molar-refractivity contribution in [1.29, 1.82) is 0 Å². The van der Waals surface area contributed by atoms with E-state index in [9.17, 15) is 18.0 Å². The first-order chi connectivity index (χ1) is 17.0. The number of fused-ring (bicyclic) bond motifs is 1. The van der Waals surface area contributed by atoms with Crippen molar-refractivity contribution in [2.45, 2.75) is 43.9 Å². The van der Waals surface area contributed by atoms with Gasteiger partial charge in [-0.05, 0) is 52.0 Å². The third-order valence-corrected chi connectivity index (χ3v) is 7.74. The zero-order valence-electron chi connectivity index (χ0n) is 19.9. The van der Waals surface area contributed by atoms with E-state index in [1.54, 1.807) is 32.0 Å². The molecule has 4 rings (SSSR count). The van der Waals surface area contributed by atoms with E-state index in [-0.39, 0.29) is 38.9 Å². The summed E-state index contributed by atoms with van der Waals surface area (Å²) < 4.78 is 31.5. The van der Waals surface area contributed by atoms with Gasteiger partial charge >= 0.3 is 0 Å². The van der Waals surface area contributed by atoms with Crippen LogP contribution in [-0.2, 0) is 9.84 Å². The number of nitrogens with one attached hydrogen (secondary N) is 3. The molecule has 2 amide bonds. The first kappa shape index (κ1) is 25.4. The van der Waals surface area contributed by atoms with Crippen molar-refractivity contribution in [2.75, 3.05) is 10.6 Å². The lowest BCUT2D eigenvalue weighted by molar-refractivity contribution is 0.0879. The number of benzene rings is 2. The maximum Gasteiger partial charge on any atom is 0.259 e. The average molecular weight is 530 g/mol. The van der Waals surface area contributed by atoms with Gasteiger partial charge in [0.1, 0.15) is 10.8 Å². The Morgan fingerprint density at radius 1 is 0.972 bits per heavy atom. The summed E-state index contributed by atoms with van der Waals surface area (Å²) in [5.41, 5.74) is 1.08. The molecule has 2 heterocycles. The molecule has 0 atom stereocenters. The second kappa shape index (κ2) is 9.75. The highest BCUT2D eigenvalue weighted by Crippen LogP contribution is 2.35. The van der Waals surface area contributed by atoms with Gasteiger partial charge in [-0.1, -0.05) is 23.7 Å². The van der Waals surface area contributed by atoms with E-state index < -0.39 is 26.9 Å². The van der Waals surface area contributed by atoms with Gasteiger partial charge in [0.2, 0.25) is 5.95 Å². The van der Waals surface area contributed by atoms with Crippen molar-refractivity contribution in [1.82, 2.24) is 15.3 Å². The van der Waals surface area contributed by atoms with E-state index in [4.69, 9.17) is 16.3 Å². The quantitative estimate of drug-likeness (QED) is 0.360. The molecule has 0 aliphatic carbocycles. The van der Waals surface area contributed by atoms with Gasteiger partial charge in [0.05, 0.1) is 44.9 Å². The second-order valence-electron chi connectivity index (χ2n) is 8.57. The molecule has 1 aliphatic heterocycles. The van der Waals surface area contributed by atoms with Crippen LogP contribution in [0.25, 0.3) is 0 Å². The largest absolute Gasteiger partial charge is 0.489 e. The number of imide groups is 1. The van der Waals surface area contributed by atoms with Crippen LogP contribution >= 0.6 is 11.6 Å². The molecule has 12 heteroatoms. The van der Waals surface area contributed by atoms with E-state index >= 15 is 0 Å². The van der Waals surface area contributed by atoms with Crippen LogP contribution < -0.4 is 20.7 Å². The Bertz CT molecular complexity index is 1470. The Balaban J connectivity index is 1.71. The van der Waals surface area contributed by atoms with Crippen molar-refractivity contribution in [3.05, 3.63) is 58.7 Å². The van der Waals surface area contributed by atoms with Crippen LogP contribution in [0, 0.1) is 0 Å². The first-order valence-corrected chi connectivity index (χ1v) is 13.0. The number of anilines is 4. The topological polar surface area (TPSA) is 139 Å². The van der Waals surface area contributed by atoms with Gasteiger partial charge in [-0.2, -0.15) is 4.98 Å². The van der Waals surface area contributed by atoms with E-state index in [0.29, 0.717) is 17.1 Å². The number of rotatable bonds is 8. The number of nitrogens with zero attached hydrogens (tertiary/aromatic N) is 2. The van der Waals surface area contributed by atoms with E-state index in [1.807, 2.05) is 13.8 Å². The number of para-hydroxylation sites is 1.